The van der Waals surface area contributed by atoms with E-state index in [9.17, 15) is 13.0 Å². The summed E-state index contributed by atoms with van der Waals surface area (Å²) in [6.45, 7) is 14.5. The number of pyridine rings is 1. The first-order valence-electron chi connectivity index (χ1n) is 9.33. The summed E-state index contributed by atoms with van der Waals surface area (Å²) in [6, 6.07) is 3.96. The number of nitrogens with one attached hydrogen (secondary N) is 1. The fourth-order valence-electron chi connectivity index (χ4n) is 3.21. The van der Waals surface area contributed by atoms with Gasteiger partial charge in [0.25, 0.3) is 6.43 Å². The van der Waals surface area contributed by atoms with Gasteiger partial charge in [-0.15, -0.1) is 6.58 Å². The van der Waals surface area contributed by atoms with E-state index in [1.165, 1.54) is 0 Å². The van der Waals surface area contributed by atoms with Crippen LogP contribution in [-0.2, 0) is 16.5 Å². The maximum Gasteiger partial charge on any atom is 0.266 e. The van der Waals surface area contributed by atoms with Crippen LogP contribution in [-0.4, -0.2) is 28.4 Å². The van der Waals surface area contributed by atoms with Gasteiger partial charge in [0.1, 0.15) is 16.1 Å². The van der Waals surface area contributed by atoms with Crippen LogP contribution < -0.4 is 9.91 Å². The molecule has 1 N–H and O–H groups in total. The average molecular weight is 500 g/mol. The molecule has 0 aliphatic rings. The van der Waals surface area contributed by atoms with Crippen molar-refractivity contribution < 1.29 is 17.4 Å². The second-order valence-corrected chi connectivity index (χ2v) is 15.9. The summed E-state index contributed by atoms with van der Waals surface area (Å²) in [5.41, 5.74) is -2.83. The molecule has 1 rings (SSSR count). The minimum Gasteiger partial charge on any atom is -0.242 e. The molecule has 0 saturated heterocycles. The molecule has 0 radical (unpaired) electrons. The first-order valence-corrected chi connectivity index (χ1v) is 13.9. The van der Waals surface area contributed by atoms with Crippen LogP contribution in [0.5, 0.6) is 0 Å². The van der Waals surface area contributed by atoms with Crippen molar-refractivity contribution in [1.82, 2.24) is 9.71 Å². The zero-order chi connectivity index (χ0) is 21.9. The van der Waals surface area contributed by atoms with Crippen LogP contribution in [0.15, 0.2) is 23.3 Å². The summed E-state index contributed by atoms with van der Waals surface area (Å²) >= 11 is 3.27. The maximum absolute atomic E-state index is 15.7. The van der Waals surface area contributed by atoms with E-state index in [0.717, 1.165) is 24.2 Å². The highest BCUT2D eigenvalue weighted by Crippen LogP contribution is 2.34. The SMILES string of the molecule is C=C[C@@](N[S@@](=O)C(C)(C)C)(c1nc(Br)cc([Si](CC)(CC)CC)c1F)C(F)F. The van der Waals surface area contributed by atoms with Gasteiger partial charge in [0.2, 0.25) is 0 Å². The third-order valence-electron chi connectivity index (χ3n) is 5.40. The third-order valence-corrected chi connectivity index (χ3v) is 13.0. The first-order chi connectivity index (χ1) is 12.8. The fraction of sp³-hybridized carbons (Fsp3) is 0.632. The second-order valence-electron chi connectivity index (χ2n) is 7.85. The molecular formula is C19H30BrF3N2OSSi. The molecule has 28 heavy (non-hydrogen) atoms. The molecule has 160 valence electrons. The summed E-state index contributed by atoms with van der Waals surface area (Å²) in [6.07, 6.45) is -2.18. The van der Waals surface area contributed by atoms with Crippen LogP contribution in [0, 0.1) is 5.82 Å². The molecule has 0 fully saturated rings. The van der Waals surface area contributed by atoms with Crippen LogP contribution in [0.4, 0.5) is 13.2 Å². The molecule has 9 heteroatoms. The van der Waals surface area contributed by atoms with Gasteiger partial charge in [0.05, 0.1) is 23.8 Å². The van der Waals surface area contributed by atoms with E-state index < -0.39 is 47.3 Å². The van der Waals surface area contributed by atoms with Crippen molar-refractivity contribution in [2.24, 2.45) is 0 Å². The Labute approximate surface area is 178 Å². The van der Waals surface area contributed by atoms with Crippen molar-refractivity contribution in [2.45, 2.75) is 76.4 Å². The summed E-state index contributed by atoms with van der Waals surface area (Å²) in [5, 5.41) is 0.465. The van der Waals surface area contributed by atoms with Crippen LogP contribution >= 0.6 is 15.9 Å². The predicted molar refractivity (Wildman–Crippen MR) is 118 cm³/mol. The summed E-state index contributed by atoms with van der Waals surface area (Å²) in [5.74, 6) is -0.751. The van der Waals surface area contributed by atoms with Gasteiger partial charge < -0.3 is 0 Å². The second kappa shape index (κ2) is 9.53. The molecule has 1 heterocycles. The number of aromatic nitrogens is 1. The normalized spacial score (nSPS) is 16.1. The first kappa shape index (κ1) is 25.5. The molecule has 0 aliphatic carbocycles. The highest BCUT2D eigenvalue weighted by molar-refractivity contribution is 9.10. The Kier molecular flexibility index (Phi) is 8.69. The highest BCUT2D eigenvalue weighted by atomic mass is 79.9. The number of alkyl halides is 2. The van der Waals surface area contributed by atoms with E-state index in [4.69, 9.17) is 0 Å². The topological polar surface area (TPSA) is 42.0 Å². The van der Waals surface area contributed by atoms with Gasteiger partial charge >= 0.3 is 0 Å². The molecule has 0 amide bonds. The van der Waals surface area contributed by atoms with Gasteiger partial charge in [0.15, 0.2) is 5.54 Å². The highest BCUT2D eigenvalue weighted by Gasteiger charge is 2.47. The zero-order valence-corrected chi connectivity index (χ0v) is 20.7. The van der Waals surface area contributed by atoms with E-state index in [-0.39, 0.29) is 4.60 Å². The Bertz CT molecular complexity index is 730. The largest absolute Gasteiger partial charge is 0.266 e. The zero-order valence-electron chi connectivity index (χ0n) is 17.3. The van der Waals surface area contributed by atoms with Crippen molar-refractivity contribution in [1.29, 1.82) is 0 Å². The summed E-state index contributed by atoms with van der Waals surface area (Å²) in [4.78, 5) is 4.07. The Hall–Kier alpha value is -0.513. The Morgan fingerprint density at radius 2 is 1.79 bits per heavy atom. The number of rotatable bonds is 9. The minimum atomic E-state index is -3.10. The molecule has 0 saturated carbocycles. The van der Waals surface area contributed by atoms with E-state index in [2.05, 4.69) is 32.2 Å². The van der Waals surface area contributed by atoms with Crippen molar-refractivity contribution in [2.75, 3.05) is 0 Å². The molecule has 0 unspecified atom stereocenters. The quantitative estimate of drug-likeness (QED) is 0.281. The van der Waals surface area contributed by atoms with Gasteiger partial charge in [0, 0.05) is 0 Å². The molecule has 1 aromatic heterocycles. The molecule has 2 atom stereocenters. The number of hydrogen-bond donors (Lipinski definition) is 1. The van der Waals surface area contributed by atoms with Crippen molar-refractivity contribution in [3.8, 4) is 0 Å². The minimum absolute atomic E-state index is 0.279. The van der Waals surface area contributed by atoms with Gasteiger partial charge in [-0.3, -0.25) is 0 Å². The van der Waals surface area contributed by atoms with E-state index in [0.29, 0.717) is 5.19 Å². The monoisotopic (exact) mass is 498 g/mol. The number of hydrogen-bond acceptors (Lipinski definition) is 2. The van der Waals surface area contributed by atoms with Crippen molar-refractivity contribution in [3.05, 3.63) is 34.8 Å². The molecule has 3 nitrogen and oxygen atoms in total. The van der Waals surface area contributed by atoms with Crippen molar-refractivity contribution in [3.63, 3.8) is 0 Å². The lowest BCUT2D eigenvalue weighted by atomic mass is 9.96. The summed E-state index contributed by atoms with van der Waals surface area (Å²) < 4.78 is 58.8. The lowest BCUT2D eigenvalue weighted by Gasteiger charge is -2.35. The third kappa shape index (κ3) is 4.79. The summed E-state index contributed by atoms with van der Waals surface area (Å²) in [7, 11) is -4.12. The van der Waals surface area contributed by atoms with E-state index in [1.807, 2.05) is 20.8 Å². The van der Waals surface area contributed by atoms with Crippen LogP contribution in [0.2, 0.25) is 18.1 Å². The smallest absolute Gasteiger partial charge is 0.242 e. The fourth-order valence-corrected chi connectivity index (χ4v) is 8.38. The van der Waals surface area contributed by atoms with Gasteiger partial charge in [-0.1, -0.05) is 45.0 Å². The van der Waals surface area contributed by atoms with Crippen molar-refractivity contribution >= 4 is 40.2 Å². The lowest BCUT2D eigenvalue weighted by molar-refractivity contribution is 0.0652. The van der Waals surface area contributed by atoms with Crippen LogP contribution in [0.3, 0.4) is 0 Å². The molecular weight excluding hydrogens is 469 g/mol. The van der Waals surface area contributed by atoms with E-state index in [1.54, 1.807) is 26.8 Å². The maximum atomic E-state index is 15.7. The molecule has 1 aromatic rings. The number of nitrogens with zero attached hydrogens (tertiary/aromatic N) is 1. The van der Waals surface area contributed by atoms with Gasteiger partial charge in [-0.05, 0) is 48.0 Å². The lowest BCUT2D eigenvalue weighted by Crippen LogP contribution is -2.54. The van der Waals surface area contributed by atoms with Crippen LogP contribution in [0.25, 0.3) is 0 Å². The molecule has 0 spiro atoms. The number of halogens is 4. The average Bonchev–Trinajstić information content (AvgIpc) is 2.62. The standard InChI is InChI=1S/C19H30BrF3N2OSSi/c1-8-19(17(22)23,25-27(26)18(5,6)7)16-15(21)13(12-14(20)24-16)28(9-2,10-3)11-4/h8,12,17,25H,1,9-11H2,2-7H3/t19-,27+/m1/s1. The Morgan fingerprint density at radius 3 is 2.14 bits per heavy atom. The van der Waals surface area contributed by atoms with Gasteiger partial charge in [-0.2, -0.15) is 0 Å². The van der Waals surface area contributed by atoms with Gasteiger partial charge in [-0.25, -0.2) is 27.1 Å². The Morgan fingerprint density at radius 1 is 1.29 bits per heavy atom. The predicted octanol–water partition coefficient (Wildman–Crippen LogP) is 5.40. The Balaban J connectivity index is 3.82. The van der Waals surface area contributed by atoms with Crippen LogP contribution in [0.1, 0.15) is 47.2 Å². The molecule has 0 aromatic carbocycles. The van der Waals surface area contributed by atoms with E-state index >= 15 is 4.39 Å². The molecule has 0 bridgehead atoms. The molecule has 0 aliphatic heterocycles.